The fourth-order valence-corrected chi connectivity index (χ4v) is 11.3. The summed E-state index contributed by atoms with van der Waals surface area (Å²) in [6.45, 7) is 9.08. The maximum absolute atomic E-state index is 12.7. The molecule has 0 aromatic heterocycles. The number of ether oxygens (including phenoxy) is 9. The maximum Gasteiger partial charge on any atom is 0.330 e. The van der Waals surface area contributed by atoms with Crippen LogP contribution < -0.4 is 23.7 Å². The number of aliphatic hydroxyl groups is 1. The van der Waals surface area contributed by atoms with Gasteiger partial charge < -0.3 is 47.7 Å². The minimum atomic E-state index is -1.02. The quantitative estimate of drug-likeness (QED) is 0.0349. The third-order valence-electron chi connectivity index (χ3n) is 15.1. The largest absolute Gasteiger partial charge is 0.491 e. The fraction of sp³-hybridized carbons (Fsp3) is 0.206. The zero-order valence-corrected chi connectivity index (χ0v) is 43.9. The van der Waals surface area contributed by atoms with E-state index in [0.717, 1.165) is 90.4 Å². The molecule has 0 radical (unpaired) electrons. The monoisotopic (exact) mass is 1070 g/mol. The summed E-state index contributed by atoms with van der Waals surface area (Å²) >= 11 is 0. The van der Waals surface area contributed by atoms with Crippen LogP contribution in [0.5, 0.6) is 28.7 Å². The highest BCUT2D eigenvalue weighted by Crippen LogP contribution is 2.59. The number of carbonyl (C=O) groups is 2. The van der Waals surface area contributed by atoms with Crippen LogP contribution in [-0.4, -0.2) is 94.3 Å². The molecule has 4 atom stereocenters. The lowest BCUT2D eigenvalue weighted by Crippen LogP contribution is -2.31. The average Bonchev–Trinajstić information content (AvgIpc) is 4.64. The second kappa shape index (κ2) is 22.4. The SMILES string of the molecule is C=CC(=O)OCC(O)COc1ccc(C2(c3ccc(OCC(COC(=O)C=C)Oc4cccc5c4-c4ccccc4C5(c4ccc(OCC5CO5)cc4)c4ccc(OCC5CO5)cc4)cc3)c3ccccc3-c3ccccc32)cc1. The van der Waals surface area contributed by atoms with Crippen LogP contribution in [0.3, 0.4) is 0 Å². The fourth-order valence-electron chi connectivity index (χ4n) is 11.3. The van der Waals surface area contributed by atoms with E-state index in [1.165, 1.54) is 0 Å². The van der Waals surface area contributed by atoms with Gasteiger partial charge in [0.05, 0.1) is 24.0 Å². The van der Waals surface area contributed by atoms with Crippen molar-refractivity contribution < 1.29 is 57.3 Å². The van der Waals surface area contributed by atoms with Gasteiger partial charge in [0, 0.05) is 17.7 Å². The van der Waals surface area contributed by atoms with E-state index in [1.807, 2.05) is 78.9 Å². The van der Waals surface area contributed by atoms with Crippen molar-refractivity contribution in [3.63, 3.8) is 0 Å². The molecule has 4 aliphatic rings. The number of hydrogen-bond acceptors (Lipinski definition) is 12. The van der Waals surface area contributed by atoms with E-state index in [4.69, 9.17) is 42.6 Å². The molecule has 12 nitrogen and oxygen atoms in total. The van der Waals surface area contributed by atoms with E-state index >= 15 is 0 Å². The molecule has 2 heterocycles. The number of hydrogen-bond donors (Lipinski definition) is 1. The van der Waals surface area contributed by atoms with Gasteiger partial charge in [-0.05, 0) is 116 Å². The van der Waals surface area contributed by atoms with Crippen LogP contribution in [0.1, 0.15) is 44.5 Å². The summed E-state index contributed by atoms with van der Waals surface area (Å²) in [6, 6.07) is 64.1. The van der Waals surface area contributed by atoms with Crippen molar-refractivity contribution >= 4 is 11.9 Å². The van der Waals surface area contributed by atoms with Gasteiger partial charge in [-0.25, -0.2) is 9.59 Å². The zero-order chi connectivity index (χ0) is 54.6. The Morgan fingerprint density at radius 1 is 0.475 bits per heavy atom. The van der Waals surface area contributed by atoms with Crippen molar-refractivity contribution in [2.75, 3.05) is 52.9 Å². The summed E-state index contributed by atoms with van der Waals surface area (Å²) in [5, 5.41) is 10.4. The summed E-state index contributed by atoms with van der Waals surface area (Å²) < 4.78 is 53.4. The Balaban J connectivity index is 0.855. The lowest BCUT2D eigenvalue weighted by molar-refractivity contribution is -0.141. The van der Waals surface area contributed by atoms with Crippen LogP contribution >= 0.6 is 0 Å². The molecule has 1 N–H and O–H groups in total. The average molecular weight is 1070 g/mol. The van der Waals surface area contributed by atoms with Crippen LogP contribution in [-0.2, 0) is 39.4 Å². The summed E-state index contributed by atoms with van der Waals surface area (Å²) in [4.78, 5) is 24.3. The molecule has 2 fully saturated rings. The summed E-state index contributed by atoms with van der Waals surface area (Å²) in [5.74, 6) is 2.06. The van der Waals surface area contributed by atoms with Gasteiger partial charge in [0.25, 0.3) is 0 Å². The van der Waals surface area contributed by atoms with Gasteiger partial charge in [-0.3, -0.25) is 0 Å². The van der Waals surface area contributed by atoms with Gasteiger partial charge in [-0.1, -0.05) is 147 Å². The molecule has 2 aliphatic heterocycles. The Morgan fingerprint density at radius 2 is 0.863 bits per heavy atom. The molecule has 2 aliphatic carbocycles. The van der Waals surface area contributed by atoms with Gasteiger partial charge in [0.15, 0.2) is 6.10 Å². The van der Waals surface area contributed by atoms with Crippen molar-refractivity contribution in [1.82, 2.24) is 0 Å². The first-order valence-corrected chi connectivity index (χ1v) is 26.8. The smallest absolute Gasteiger partial charge is 0.330 e. The van der Waals surface area contributed by atoms with Crippen LogP contribution in [0.15, 0.2) is 213 Å². The van der Waals surface area contributed by atoms with Crippen molar-refractivity contribution in [3.05, 3.63) is 258 Å². The van der Waals surface area contributed by atoms with Gasteiger partial charge in [0.2, 0.25) is 0 Å². The number of fused-ring (bicyclic) bond motifs is 6. The van der Waals surface area contributed by atoms with Crippen LogP contribution in [0.25, 0.3) is 22.3 Å². The van der Waals surface area contributed by atoms with Crippen LogP contribution in [0, 0.1) is 0 Å². The highest BCUT2D eigenvalue weighted by molar-refractivity contribution is 5.90. The molecule has 12 heteroatoms. The zero-order valence-electron chi connectivity index (χ0n) is 43.9. The van der Waals surface area contributed by atoms with Crippen LogP contribution in [0.4, 0.5) is 0 Å². The number of rotatable bonds is 24. The minimum absolute atomic E-state index is 0.0323. The molecule has 8 aromatic rings. The normalized spacial score (nSPS) is 18.2. The first-order chi connectivity index (χ1) is 39.3. The van der Waals surface area contributed by atoms with Gasteiger partial charge in [-0.15, -0.1) is 0 Å². The number of benzene rings is 8. The third-order valence-corrected chi connectivity index (χ3v) is 15.1. The Hall–Kier alpha value is -8.94. The Kier molecular flexibility index (Phi) is 14.5. The lowest BCUT2D eigenvalue weighted by atomic mass is 9.67. The predicted molar refractivity (Wildman–Crippen MR) is 302 cm³/mol. The molecule has 0 bridgehead atoms. The summed E-state index contributed by atoms with van der Waals surface area (Å²) in [5.41, 5.74) is 11.1. The van der Waals surface area contributed by atoms with E-state index in [2.05, 4.69) is 122 Å². The Morgan fingerprint density at radius 3 is 1.32 bits per heavy atom. The summed E-state index contributed by atoms with van der Waals surface area (Å²) in [6.07, 6.45) is 0.663. The lowest BCUT2D eigenvalue weighted by Gasteiger charge is -2.34. The number of esters is 2. The first-order valence-electron chi connectivity index (χ1n) is 26.8. The molecule has 0 spiro atoms. The second-order valence-corrected chi connectivity index (χ2v) is 20.1. The second-order valence-electron chi connectivity index (χ2n) is 20.1. The molecule has 12 rings (SSSR count). The molecule has 8 aromatic carbocycles. The molecular formula is C68H58O12. The first kappa shape index (κ1) is 51.8. The summed E-state index contributed by atoms with van der Waals surface area (Å²) in [7, 11) is 0. The number of carbonyl (C=O) groups excluding carboxylic acids is 2. The standard InChI is InChI=1S/C68H58O12/c1-3-64(70)78-37-48(69)36-72-49-28-20-44(21-29-49)67(59-15-8-5-12-56(59)57-13-6-9-16-60(57)67)45-22-30-52(31-23-45)75-42-55(43-79-65(71)4-2)80-63-19-11-18-62-66(63)58-14-7-10-17-61(58)68(62,46-24-32-50(33-25-46)73-38-53-40-76-53)47-26-34-51(35-27-47)74-39-54-41-77-54/h3-35,48,53-55,69H,1-2,36-43H2. The van der Waals surface area contributed by atoms with Crippen molar-refractivity contribution in [3.8, 4) is 51.0 Å². The highest BCUT2D eigenvalue weighted by atomic mass is 16.6. The van der Waals surface area contributed by atoms with Crippen molar-refractivity contribution in [2.24, 2.45) is 0 Å². The third kappa shape index (κ3) is 10.1. The van der Waals surface area contributed by atoms with E-state index < -0.39 is 35.0 Å². The van der Waals surface area contributed by atoms with Crippen molar-refractivity contribution in [1.29, 1.82) is 0 Å². The molecule has 0 amide bonds. The Bertz CT molecular complexity index is 3440. The van der Waals surface area contributed by atoms with E-state index in [0.29, 0.717) is 43.7 Å². The Labute approximate surface area is 464 Å². The van der Waals surface area contributed by atoms with Gasteiger partial charge in [0.1, 0.15) is 86.7 Å². The minimum Gasteiger partial charge on any atom is -0.491 e. The molecule has 2 saturated heterocycles. The molecular weight excluding hydrogens is 1010 g/mol. The van der Waals surface area contributed by atoms with E-state index in [9.17, 15) is 14.7 Å². The molecule has 402 valence electrons. The van der Waals surface area contributed by atoms with Crippen molar-refractivity contribution in [2.45, 2.75) is 35.2 Å². The maximum atomic E-state index is 12.7. The molecule has 4 unspecified atom stereocenters. The topological polar surface area (TPSA) is 144 Å². The van der Waals surface area contributed by atoms with Gasteiger partial charge in [-0.2, -0.15) is 0 Å². The highest BCUT2D eigenvalue weighted by Gasteiger charge is 2.48. The van der Waals surface area contributed by atoms with Gasteiger partial charge >= 0.3 is 11.9 Å². The van der Waals surface area contributed by atoms with E-state index in [-0.39, 0.29) is 38.6 Å². The number of epoxide rings is 2. The van der Waals surface area contributed by atoms with E-state index in [1.54, 1.807) is 0 Å². The molecule has 0 saturated carbocycles. The van der Waals surface area contributed by atoms with Crippen LogP contribution in [0.2, 0.25) is 0 Å². The number of aliphatic hydroxyl groups excluding tert-OH is 1. The predicted octanol–water partition coefficient (Wildman–Crippen LogP) is 11.0. The molecule has 80 heavy (non-hydrogen) atoms.